The number of likely N-dealkylation sites (N-methyl/N-ethyl adjacent to an activating group) is 1. The highest BCUT2D eigenvalue weighted by Crippen LogP contribution is 2.16. The molecule has 2 aliphatic heterocycles. The highest BCUT2D eigenvalue weighted by molar-refractivity contribution is 7.99. The summed E-state index contributed by atoms with van der Waals surface area (Å²) < 4.78 is 5.32. The van der Waals surface area contributed by atoms with E-state index in [0.29, 0.717) is 6.04 Å². The maximum absolute atomic E-state index is 12.2. The molecule has 0 bridgehead atoms. The SMILES string of the molecule is CN(C(=O)C1CSCCN1)C1CCOCC1. The fourth-order valence-corrected chi connectivity index (χ4v) is 3.15. The van der Waals surface area contributed by atoms with Crippen molar-refractivity contribution in [1.29, 1.82) is 0 Å². The maximum atomic E-state index is 12.2. The number of rotatable bonds is 2. The Balaban J connectivity index is 1.86. The van der Waals surface area contributed by atoms with Crippen LogP contribution < -0.4 is 5.32 Å². The average Bonchev–Trinajstić information content (AvgIpc) is 2.39. The monoisotopic (exact) mass is 244 g/mol. The van der Waals surface area contributed by atoms with E-state index in [4.69, 9.17) is 4.74 Å². The van der Waals surface area contributed by atoms with Gasteiger partial charge in [0.25, 0.3) is 0 Å². The van der Waals surface area contributed by atoms with Crippen molar-refractivity contribution in [2.24, 2.45) is 0 Å². The third-order valence-corrected chi connectivity index (χ3v) is 4.37. The van der Waals surface area contributed by atoms with E-state index in [-0.39, 0.29) is 11.9 Å². The second-order valence-corrected chi connectivity index (χ2v) is 5.52. The van der Waals surface area contributed by atoms with E-state index < -0.39 is 0 Å². The number of hydrogen-bond donors (Lipinski definition) is 1. The Morgan fingerprint density at radius 3 is 2.81 bits per heavy atom. The topological polar surface area (TPSA) is 41.6 Å². The minimum absolute atomic E-state index is 0.0200. The number of nitrogens with zero attached hydrogens (tertiary/aromatic N) is 1. The summed E-state index contributed by atoms with van der Waals surface area (Å²) in [5.41, 5.74) is 0. The minimum atomic E-state index is 0.0200. The molecule has 16 heavy (non-hydrogen) atoms. The Bertz CT molecular complexity index is 238. The third-order valence-electron chi connectivity index (χ3n) is 3.31. The lowest BCUT2D eigenvalue weighted by Gasteiger charge is -2.34. The summed E-state index contributed by atoms with van der Waals surface area (Å²) in [7, 11) is 1.93. The zero-order chi connectivity index (χ0) is 11.4. The smallest absolute Gasteiger partial charge is 0.240 e. The molecule has 5 heteroatoms. The van der Waals surface area contributed by atoms with Crippen LogP contribution in [0.4, 0.5) is 0 Å². The molecule has 0 aromatic heterocycles. The first kappa shape index (κ1) is 12.2. The Labute approximate surface area is 101 Å². The molecule has 2 fully saturated rings. The molecule has 0 aliphatic carbocycles. The second-order valence-electron chi connectivity index (χ2n) is 4.37. The van der Waals surface area contributed by atoms with Gasteiger partial charge in [0.2, 0.25) is 5.91 Å². The van der Waals surface area contributed by atoms with Crippen molar-refractivity contribution >= 4 is 17.7 Å². The molecule has 92 valence electrons. The molecular weight excluding hydrogens is 224 g/mol. The van der Waals surface area contributed by atoms with Crippen LogP contribution in [0.5, 0.6) is 0 Å². The van der Waals surface area contributed by atoms with Gasteiger partial charge in [-0.05, 0) is 12.8 Å². The summed E-state index contributed by atoms with van der Waals surface area (Å²) in [6.07, 6.45) is 1.95. The van der Waals surface area contributed by atoms with Crippen molar-refractivity contribution in [3.05, 3.63) is 0 Å². The van der Waals surface area contributed by atoms with Crippen molar-refractivity contribution in [2.75, 3.05) is 38.3 Å². The molecule has 1 amide bonds. The molecule has 0 spiro atoms. The van der Waals surface area contributed by atoms with Gasteiger partial charge in [0.05, 0.1) is 6.04 Å². The van der Waals surface area contributed by atoms with Crippen LogP contribution in [-0.4, -0.2) is 61.2 Å². The van der Waals surface area contributed by atoms with E-state index >= 15 is 0 Å². The minimum Gasteiger partial charge on any atom is -0.381 e. The number of nitrogens with one attached hydrogen (secondary N) is 1. The van der Waals surface area contributed by atoms with Gasteiger partial charge in [-0.2, -0.15) is 11.8 Å². The number of amides is 1. The van der Waals surface area contributed by atoms with Gasteiger partial charge in [0, 0.05) is 44.4 Å². The summed E-state index contributed by atoms with van der Waals surface area (Å²) in [6.45, 7) is 2.52. The summed E-state index contributed by atoms with van der Waals surface area (Å²) in [5.74, 6) is 2.27. The van der Waals surface area contributed by atoms with Crippen LogP contribution in [-0.2, 0) is 9.53 Å². The summed E-state index contributed by atoms with van der Waals surface area (Å²) in [5, 5.41) is 3.30. The third kappa shape index (κ3) is 2.90. The molecule has 2 heterocycles. The molecule has 4 nitrogen and oxygen atoms in total. The molecule has 2 saturated heterocycles. The largest absolute Gasteiger partial charge is 0.381 e. The maximum Gasteiger partial charge on any atom is 0.240 e. The summed E-state index contributed by atoms with van der Waals surface area (Å²) in [4.78, 5) is 14.1. The molecular formula is C11H20N2O2S. The lowest BCUT2D eigenvalue weighted by atomic mass is 10.1. The van der Waals surface area contributed by atoms with E-state index in [1.165, 1.54) is 0 Å². The van der Waals surface area contributed by atoms with Gasteiger partial charge in [-0.3, -0.25) is 4.79 Å². The first-order valence-electron chi connectivity index (χ1n) is 5.94. The Morgan fingerprint density at radius 1 is 1.44 bits per heavy atom. The quantitative estimate of drug-likeness (QED) is 0.760. The van der Waals surface area contributed by atoms with Crippen molar-refractivity contribution in [3.8, 4) is 0 Å². The van der Waals surface area contributed by atoms with Crippen LogP contribution >= 0.6 is 11.8 Å². The van der Waals surface area contributed by atoms with Crippen LogP contribution in [0, 0.1) is 0 Å². The number of carbonyl (C=O) groups is 1. The van der Waals surface area contributed by atoms with Gasteiger partial charge in [0.1, 0.15) is 0 Å². The first-order valence-corrected chi connectivity index (χ1v) is 7.10. The van der Waals surface area contributed by atoms with Gasteiger partial charge in [-0.1, -0.05) is 0 Å². The lowest BCUT2D eigenvalue weighted by molar-refractivity contribution is -0.135. The van der Waals surface area contributed by atoms with Crippen molar-refractivity contribution in [2.45, 2.75) is 24.9 Å². The van der Waals surface area contributed by atoms with Crippen molar-refractivity contribution < 1.29 is 9.53 Å². The van der Waals surface area contributed by atoms with E-state index in [0.717, 1.165) is 44.1 Å². The van der Waals surface area contributed by atoms with E-state index in [1.54, 1.807) is 0 Å². The predicted octanol–water partition coefficient (Wildman–Crippen LogP) is 0.329. The van der Waals surface area contributed by atoms with E-state index in [9.17, 15) is 4.79 Å². The van der Waals surface area contributed by atoms with Crippen molar-refractivity contribution in [1.82, 2.24) is 10.2 Å². The molecule has 0 aromatic carbocycles. The van der Waals surface area contributed by atoms with Crippen LogP contribution in [0.15, 0.2) is 0 Å². The number of ether oxygens (including phenoxy) is 1. The molecule has 1 atom stereocenters. The molecule has 1 unspecified atom stereocenters. The highest BCUT2D eigenvalue weighted by Gasteiger charge is 2.28. The normalized spacial score (nSPS) is 27.7. The average molecular weight is 244 g/mol. The zero-order valence-electron chi connectivity index (χ0n) is 9.78. The van der Waals surface area contributed by atoms with Gasteiger partial charge in [-0.25, -0.2) is 0 Å². The number of hydrogen-bond acceptors (Lipinski definition) is 4. The lowest BCUT2D eigenvalue weighted by Crippen LogP contribution is -2.52. The van der Waals surface area contributed by atoms with Gasteiger partial charge < -0.3 is 15.0 Å². The second kappa shape index (κ2) is 5.89. The summed E-state index contributed by atoms with van der Waals surface area (Å²) in [6, 6.07) is 0.390. The molecule has 2 rings (SSSR count). The van der Waals surface area contributed by atoms with Crippen LogP contribution in [0.2, 0.25) is 0 Å². The van der Waals surface area contributed by atoms with Gasteiger partial charge >= 0.3 is 0 Å². The Morgan fingerprint density at radius 2 is 2.19 bits per heavy atom. The molecule has 0 aromatic rings. The summed E-state index contributed by atoms with van der Waals surface area (Å²) >= 11 is 1.86. The Kier molecular flexibility index (Phi) is 4.49. The van der Waals surface area contributed by atoms with Crippen LogP contribution in [0.3, 0.4) is 0 Å². The molecule has 0 radical (unpaired) electrons. The number of carbonyl (C=O) groups excluding carboxylic acids is 1. The van der Waals surface area contributed by atoms with Gasteiger partial charge in [-0.15, -0.1) is 0 Å². The van der Waals surface area contributed by atoms with Crippen molar-refractivity contribution in [3.63, 3.8) is 0 Å². The Hall–Kier alpha value is -0.260. The fraction of sp³-hybridized carbons (Fsp3) is 0.909. The van der Waals surface area contributed by atoms with Crippen LogP contribution in [0.1, 0.15) is 12.8 Å². The van der Waals surface area contributed by atoms with E-state index in [2.05, 4.69) is 5.32 Å². The molecule has 0 saturated carbocycles. The highest BCUT2D eigenvalue weighted by atomic mass is 32.2. The molecule has 2 aliphatic rings. The first-order chi connectivity index (χ1) is 7.79. The molecule has 1 N–H and O–H groups in total. The number of thioether (sulfide) groups is 1. The zero-order valence-corrected chi connectivity index (χ0v) is 10.6. The predicted molar refractivity (Wildman–Crippen MR) is 65.7 cm³/mol. The fourth-order valence-electron chi connectivity index (χ4n) is 2.22. The van der Waals surface area contributed by atoms with Gasteiger partial charge in [0.15, 0.2) is 0 Å². The van der Waals surface area contributed by atoms with E-state index in [1.807, 2.05) is 23.7 Å². The van der Waals surface area contributed by atoms with Crippen LogP contribution in [0.25, 0.3) is 0 Å². The standard InChI is InChI=1S/C11H20N2O2S/c1-13(9-2-5-15-6-3-9)11(14)10-8-16-7-4-12-10/h9-10,12H,2-8H2,1H3.